The number of pyridine rings is 1. The molecule has 1 N–H and O–H groups in total. The van der Waals surface area contributed by atoms with E-state index in [-0.39, 0.29) is 12.1 Å². The highest BCUT2D eigenvalue weighted by Crippen LogP contribution is 2.11. The third kappa shape index (κ3) is 5.37. The van der Waals surface area contributed by atoms with Crippen LogP contribution in [0.4, 0.5) is 4.79 Å². The van der Waals surface area contributed by atoms with Gasteiger partial charge >= 0.3 is 6.03 Å². The molecule has 3 rings (SSSR count). The molecule has 2 amide bonds. The van der Waals surface area contributed by atoms with Gasteiger partial charge in [-0.15, -0.1) is 0 Å². The maximum absolute atomic E-state index is 12.8. The van der Waals surface area contributed by atoms with Crippen LogP contribution in [-0.4, -0.2) is 42.2 Å². The molecule has 0 bridgehead atoms. The average molecular weight is 369 g/mol. The van der Waals surface area contributed by atoms with Crippen molar-refractivity contribution in [3.8, 4) is 0 Å². The fourth-order valence-electron chi connectivity index (χ4n) is 2.65. The predicted molar refractivity (Wildman–Crippen MR) is 97.5 cm³/mol. The average Bonchev–Trinajstić information content (AvgIpc) is 3.33. The standard InChI is InChI=1S/C18H23N7O2/c1-14(17-22-15(2)23-27-17)21-18(26)25(12-16-5-3-6-19-11-16)9-4-8-24-10-7-20-13-24/h3,5-7,10-11,13-14H,4,8-9,12H2,1-2H3,(H,21,26)/t14-/m0/s1. The molecular weight excluding hydrogens is 346 g/mol. The van der Waals surface area contributed by atoms with Crippen LogP contribution in [0.2, 0.25) is 0 Å². The van der Waals surface area contributed by atoms with E-state index in [2.05, 4.69) is 25.4 Å². The second-order valence-corrected chi connectivity index (χ2v) is 6.29. The van der Waals surface area contributed by atoms with Gasteiger partial charge in [0.25, 0.3) is 0 Å². The second kappa shape index (κ2) is 8.93. The largest absolute Gasteiger partial charge is 0.337 e. The Labute approximate surface area is 157 Å². The van der Waals surface area contributed by atoms with Gasteiger partial charge in [0, 0.05) is 44.4 Å². The number of nitrogens with one attached hydrogen (secondary N) is 1. The zero-order valence-electron chi connectivity index (χ0n) is 15.4. The van der Waals surface area contributed by atoms with Crippen molar-refractivity contribution < 1.29 is 9.32 Å². The van der Waals surface area contributed by atoms with Crippen molar-refractivity contribution in [3.63, 3.8) is 0 Å². The van der Waals surface area contributed by atoms with Gasteiger partial charge < -0.3 is 19.3 Å². The minimum atomic E-state index is -0.372. The topological polar surface area (TPSA) is 102 Å². The summed E-state index contributed by atoms with van der Waals surface area (Å²) in [5, 5.41) is 6.69. The number of aryl methyl sites for hydroxylation is 2. The van der Waals surface area contributed by atoms with Crippen molar-refractivity contribution in [1.29, 1.82) is 0 Å². The lowest BCUT2D eigenvalue weighted by Gasteiger charge is -2.24. The predicted octanol–water partition coefficient (Wildman–Crippen LogP) is 2.33. The maximum Gasteiger partial charge on any atom is 0.318 e. The number of hydrogen-bond donors (Lipinski definition) is 1. The van der Waals surface area contributed by atoms with Gasteiger partial charge in [0.1, 0.15) is 6.04 Å². The van der Waals surface area contributed by atoms with Gasteiger partial charge in [-0.1, -0.05) is 11.2 Å². The van der Waals surface area contributed by atoms with Crippen LogP contribution in [0, 0.1) is 6.92 Å². The van der Waals surface area contributed by atoms with E-state index in [0.717, 1.165) is 18.5 Å². The van der Waals surface area contributed by atoms with Gasteiger partial charge in [0.15, 0.2) is 5.82 Å². The minimum absolute atomic E-state index is 0.187. The van der Waals surface area contributed by atoms with Gasteiger partial charge in [-0.25, -0.2) is 9.78 Å². The van der Waals surface area contributed by atoms with E-state index in [1.165, 1.54) is 0 Å². The van der Waals surface area contributed by atoms with Crippen molar-refractivity contribution in [2.75, 3.05) is 6.54 Å². The molecule has 0 radical (unpaired) electrons. The number of amides is 2. The molecule has 0 aromatic carbocycles. The van der Waals surface area contributed by atoms with E-state index < -0.39 is 0 Å². The lowest BCUT2D eigenvalue weighted by Crippen LogP contribution is -2.41. The normalized spacial score (nSPS) is 11.9. The number of aromatic nitrogens is 5. The van der Waals surface area contributed by atoms with Crippen molar-refractivity contribution in [2.45, 2.75) is 39.4 Å². The molecular formula is C18H23N7O2. The lowest BCUT2D eigenvalue weighted by molar-refractivity contribution is 0.187. The summed E-state index contributed by atoms with van der Waals surface area (Å²) in [5.41, 5.74) is 0.969. The molecule has 0 aliphatic heterocycles. The zero-order chi connectivity index (χ0) is 19.1. The molecule has 27 heavy (non-hydrogen) atoms. The van der Waals surface area contributed by atoms with Crippen LogP contribution in [0.15, 0.2) is 47.8 Å². The van der Waals surface area contributed by atoms with E-state index >= 15 is 0 Å². The molecule has 9 nitrogen and oxygen atoms in total. The van der Waals surface area contributed by atoms with Crippen LogP contribution in [0.3, 0.4) is 0 Å². The van der Waals surface area contributed by atoms with Crippen LogP contribution in [0.5, 0.6) is 0 Å². The third-order valence-corrected chi connectivity index (χ3v) is 4.04. The van der Waals surface area contributed by atoms with Crippen molar-refractivity contribution in [2.24, 2.45) is 0 Å². The minimum Gasteiger partial charge on any atom is -0.337 e. The number of nitrogens with zero attached hydrogens (tertiary/aromatic N) is 6. The number of rotatable bonds is 8. The molecule has 0 unspecified atom stereocenters. The van der Waals surface area contributed by atoms with E-state index in [9.17, 15) is 4.79 Å². The van der Waals surface area contributed by atoms with E-state index in [4.69, 9.17) is 4.52 Å². The molecule has 0 saturated carbocycles. The Balaban J connectivity index is 1.62. The molecule has 1 atom stereocenters. The van der Waals surface area contributed by atoms with Gasteiger partial charge in [-0.3, -0.25) is 4.98 Å². The first kappa shape index (κ1) is 18.6. The summed E-state index contributed by atoms with van der Waals surface area (Å²) in [6, 6.07) is 3.26. The number of imidazole rings is 1. The fraction of sp³-hybridized carbons (Fsp3) is 0.389. The molecule has 0 saturated heterocycles. The van der Waals surface area contributed by atoms with Crippen LogP contribution < -0.4 is 5.32 Å². The number of urea groups is 1. The summed E-state index contributed by atoms with van der Waals surface area (Å²) in [5.74, 6) is 0.930. The number of carbonyl (C=O) groups excluding carboxylic acids is 1. The van der Waals surface area contributed by atoms with E-state index in [0.29, 0.717) is 24.8 Å². The highest BCUT2D eigenvalue weighted by molar-refractivity contribution is 5.74. The van der Waals surface area contributed by atoms with Crippen molar-refractivity contribution in [3.05, 3.63) is 60.5 Å². The molecule has 142 valence electrons. The van der Waals surface area contributed by atoms with Gasteiger partial charge in [0.2, 0.25) is 5.89 Å². The molecule has 0 aliphatic carbocycles. The maximum atomic E-state index is 12.8. The van der Waals surface area contributed by atoms with Crippen LogP contribution in [-0.2, 0) is 13.1 Å². The molecule has 0 aliphatic rings. The van der Waals surface area contributed by atoms with Crippen molar-refractivity contribution >= 4 is 6.03 Å². The van der Waals surface area contributed by atoms with Crippen LogP contribution in [0.1, 0.15) is 36.7 Å². The van der Waals surface area contributed by atoms with Gasteiger partial charge in [-0.2, -0.15) is 4.98 Å². The summed E-state index contributed by atoms with van der Waals surface area (Å²) in [4.78, 5) is 26.9. The Hall–Kier alpha value is -3.23. The Kier molecular flexibility index (Phi) is 6.14. The van der Waals surface area contributed by atoms with E-state index in [1.54, 1.807) is 36.7 Å². The molecule has 0 fully saturated rings. The summed E-state index contributed by atoms with van der Waals surface area (Å²) in [6.45, 7) is 5.41. The number of carbonyl (C=O) groups is 1. The molecule has 3 heterocycles. The molecule has 3 aromatic rings. The first-order valence-electron chi connectivity index (χ1n) is 8.82. The fourth-order valence-corrected chi connectivity index (χ4v) is 2.65. The Morgan fingerprint density at radius 1 is 1.37 bits per heavy atom. The smallest absolute Gasteiger partial charge is 0.318 e. The Bertz CT molecular complexity index is 833. The molecule has 0 spiro atoms. The summed E-state index contributed by atoms with van der Waals surface area (Å²) in [7, 11) is 0. The molecule has 9 heteroatoms. The van der Waals surface area contributed by atoms with Gasteiger partial charge in [0.05, 0.1) is 6.33 Å². The lowest BCUT2D eigenvalue weighted by atomic mass is 10.2. The van der Waals surface area contributed by atoms with E-state index in [1.807, 2.05) is 29.8 Å². The van der Waals surface area contributed by atoms with Gasteiger partial charge in [-0.05, 0) is 31.9 Å². The monoisotopic (exact) mass is 369 g/mol. The molecule has 3 aromatic heterocycles. The Morgan fingerprint density at radius 2 is 2.26 bits per heavy atom. The highest BCUT2D eigenvalue weighted by atomic mass is 16.5. The zero-order valence-corrected chi connectivity index (χ0v) is 15.4. The summed E-state index contributed by atoms with van der Waals surface area (Å²) in [6.07, 6.45) is 9.71. The first-order chi connectivity index (χ1) is 13.1. The SMILES string of the molecule is Cc1noc([C@H](C)NC(=O)N(CCCn2ccnc2)Cc2cccnc2)n1. The van der Waals surface area contributed by atoms with Crippen LogP contribution in [0.25, 0.3) is 0 Å². The van der Waals surface area contributed by atoms with Crippen LogP contribution >= 0.6 is 0 Å². The quantitative estimate of drug-likeness (QED) is 0.654. The van der Waals surface area contributed by atoms with Crippen molar-refractivity contribution in [1.82, 2.24) is 34.9 Å². The third-order valence-electron chi connectivity index (χ3n) is 4.04. The highest BCUT2D eigenvalue weighted by Gasteiger charge is 2.20. The summed E-state index contributed by atoms with van der Waals surface area (Å²) >= 11 is 0. The summed E-state index contributed by atoms with van der Waals surface area (Å²) < 4.78 is 7.13. The Morgan fingerprint density at radius 3 is 2.93 bits per heavy atom. The number of hydrogen-bond acceptors (Lipinski definition) is 6. The second-order valence-electron chi connectivity index (χ2n) is 6.29. The first-order valence-corrected chi connectivity index (χ1v) is 8.82.